The number of hydrogen-bond acceptors (Lipinski definition) is 9. The van der Waals surface area contributed by atoms with Crippen molar-refractivity contribution in [2.24, 2.45) is 23.7 Å². The summed E-state index contributed by atoms with van der Waals surface area (Å²) in [5.74, 6) is -4.08. The average Bonchev–Trinajstić information content (AvgIpc) is 3.26. The molecule has 0 aromatic rings. The van der Waals surface area contributed by atoms with Crippen LogP contribution in [0.2, 0.25) is 0 Å². The van der Waals surface area contributed by atoms with Gasteiger partial charge in [0.25, 0.3) is 5.91 Å². The summed E-state index contributed by atoms with van der Waals surface area (Å²) in [5.41, 5.74) is 0. The van der Waals surface area contributed by atoms with Crippen molar-refractivity contribution >= 4 is 41.4 Å². The summed E-state index contributed by atoms with van der Waals surface area (Å²) in [7, 11) is 4.53. The number of rotatable bonds is 17. The zero-order valence-corrected chi connectivity index (χ0v) is 40.6. The predicted molar refractivity (Wildman–Crippen MR) is 243 cm³/mol. The van der Waals surface area contributed by atoms with Gasteiger partial charge in [0, 0.05) is 34.0 Å². The molecule has 6 amide bonds. The Morgan fingerprint density at radius 3 is 1.65 bits per heavy atom. The maximum Gasteiger partial charge on any atom is 0.329 e. The number of cyclic esters (lactones) is 1. The maximum absolute atomic E-state index is 14.6. The molecule has 9 atom stereocenters. The van der Waals surface area contributed by atoms with Gasteiger partial charge in [-0.15, -0.1) is 0 Å². The van der Waals surface area contributed by atoms with Gasteiger partial charge in [-0.25, -0.2) is 4.79 Å². The second-order valence-electron chi connectivity index (χ2n) is 19.1. The minimum absolute atomic E-state index is 0.00705. The Morgan fingerprint density at radius 1 is 0.667 bits per heavy atom. The largest absolute Gasteiger partial charge is 0.451 e. The van der Waals surface area contributed by atoms with E-state index < -0.39 is 83.8 Å². The summed E-state index contributed by atoms with van der Waals surface area (Å²) in [5, 5.41) is 18.3. The van der Waals surface area contributed by atoms with Crippen LogP contribution in [-0.4, -0.2) is 120 Å². The molecule has 15 nitrogen and oxygen atoms in total. The standard InChI is InChI=1S/C48H83N7O8/c1-12-15-21-32(6)28-37-46(60)53(9)34(8)48(62)63-41(25-20-26-49)44(58)52-38(29-33(7)22-16-13-2)47(61)54(10)39(27-31(4)5)42(56)50-36(14-3)45(59)55(11)40(43(57)51-37)30-35-23-18-17-19-24-35/h31-41H,12-25,27-30H2,1-11H3,(H,50,56)(H,51,57)(H,52,58)/t32-,33-,34+,36+,37+,38+,39+,40+,41-/m1/s1. The summed E-state index contributed by atoms with van der Waals surface area (Å²) in [6.45, 7) is 15.3. The number of nitriles is 1. The third kappa shape index (κ3) is 17.4. The Bertz CT molecular complexity index is 1540. The van der Waals surface area contributed by atoms with Crippen LogP contribution in [0.15, 0.2) is 0 Å². The Balaban J connectivity index is 2.81. The van der Waals surface area contributed by atoms with Gasteiger partial charge >= 0.3 is 5.97 Å². The lowest BCUT2D eigenvalue weighted by Crippen LogP contribution is -2.60. The van der Waals surface area contributed by atoms with E-state index >= 15 is 0 Å². The summed E-state index contributed by atoms with van der Waals surface area (Å²) >= 11 is 0. The number of esters is 1. The van der Waals surface area contributed by atoms with Crippen molar-refractivity contribution in [3.8, 4) is 6.07 Å². The van der Waals surface area contributed by atoms with Crippen molar-refractivity contribution in [1.82, 2.24) is 30.7 Å². The van der Waals surface area contributed by atoms with E-state index in [9.17, 15) is 38.8 Å². The zero-order valence-electron chi connectivity index (χ0n) is 40.6. The molecule has 0 aromatic carbocycles. The Hall–Kier alpha value is -4.22. The Morgan fingerprint density at radius 2 is 1.14 bits per heavy atom. The van der Waals surface area contributed by atoms with Gasteiger partial charge in [-0.3, -0.25) is 28.8 Å². The molecule has 2 fully saturated rings. The van der Waals surface area contributed by atoms with Gasteiger partial charge in [-0.2, -0.15) is 5.26 Å². The number of hydrogen-bond donors (Lipinski definition) is 3. The summed E-state index contributed by atoms with van der Waals surface area (Å²) in [6, 6.07) is -4.37. The van der Waals surface area contributed by atoms with E-state index in [4.69, 9.17) is 4.74 Å². The molecule has 15 heteroatoms. The van der Waals surface area contributed by atoms with Crippen LogP contribution in [0, 0.1) is 35.0 Å². The molecule has 358 valence electrons. The van der Waals surface area contributed by atoms with E-state index in [1.54, 1.807) is 14.0 Å². The summed E-state index contributed by atoms with van der Waals surface area (Å²) < 4.78 is 5.79. The molecule has 1 aliphatic heterocycles. The highest BCUT2D eigenvalue weighted by atomic mass is 16.5. The average molecular weight is 886 g/mol. The second-order valence-corrected chi connectivity index (χ2v) is 19.1. The van der Waals surface area contributed by atoms with Gasteiger partial charge in [0.05, 0.1) is 6.07 Å². The van der Waals surface area contributed by atoms with Crippen LogP contribution >= 0.6 is 0 Å². The highest BCUT2D eigenvalue weighted by Crippen LogP contribution is 2.29. The summed E-state index contributed by atoms with van der Waals surface area (Å²) in [4.78, 5) is 105. The molecule has 0 radical (unpaired) electrons. The van der Waals surface area contributed by atoms with Crippen molar-refractivity contribution in [2.75, 3.05) is 21.1 Å². The molecule has 3 N–H and O–H groups in total. The molecule has 1 aliphatic carbocycles. The van der Waals surface area contributed by atoms with Gasteiger partial charge in [-0.1, -0.05) is 119 Å². The van der Waals surface area contributed by atoms with Crippen LogP contribution in [0.1, 0.15) is 171 Å². The normalized spacial score (nSPS) is 26.9. The molecule has 2 rings (SSSR count). The van der Waals surface area contributed by atoms with Gasteiger partial charge in [0.15, 0.2) is 6.10 Å². The van der Waals surface area contributed by atoms with E-state index in [0.717, 1.165) is 70.6 Å². The number of unbranched alkanes of at least 4 members (excludes halogenated alkanes) is 2. The molecular formula is C48H83N7O8. The number of likely N-dealkylation sites (N-methyl/N-ethyl adjacent to an activating group) is 3. The van der Waals surface area contributed by atoms with E-state index in [-0.39, 0.29) is 62.2 Å². The third-order valence-electron chi connectivity index (χ3n) is 13.2. The number of ether oxygens (including phenoxy) is 1. The minimum Gasteiger partial charge on any atom is -0.451 e. The molecule has 1 saturated carbocycles. The molecule has 1 heterocycles. The third-order valence-corrected chi connectivity index (χ3v) is 13.2. The van der Waals surface area contributed by atoms with Gasteiger partial charge in [-0.05, 0) is 62.7 Å². The van der Waals surface area contributed by atoms with Gasteiger partial charge in [0.1, 0.15) is 36.3 Å². The molecule has 0 aromatic heterocycles. The lowest BCUT2D eigenvalue weighted by molar-refractivity contribution is -0.163. The number of carbonyl (C=O) groups excluding carboxylic acids is 7. The minimum atomic E-state index is -1.46. The molecule has 0 bridgehead atoms. The van der Waals surface area contributed by atoms with Crippen LogP contribution in [0.4, 0.5) is 0 Å². The first-order chi connectivity index (χ1) is 29.8. The zero-order chi connectivity index (χ0) is 47.4. The van der Waals surface area contributed by atoms with Crippen molar-refractivity contribution in [2.45, 2.75) is 213 Å². The van der Waals surface area contributed by atoms with Crippen LogP contribution in [0.25, 0.3) is 0 Å². The lowest BCUT2D eigenvalue weighted by atomic mass is 9.84. The number of amides is 6. The fourth-order valence-electron chi connectivity index (χ4n) is 8.87. The smallest absolute Gasteiger partial charge is 0.329 e. The first-order valence-electron chi connectivity index (χ1n) is 24.1. The van der Waals surface area contributed by atoms with Crippen molar-refractivity contribution in [3.05, 3.63) is 0 Å². The number of carbonyl (C=O) groups is 7. The van der Waals surface area contributed by atoms with Crippen LogP contribution < -0.4 is 16.0 Å². The van der Waals surface area contributed by atoms with E-state index in [1.165, 1.54) is 35.7 Å². The number of nitrogens with zero attached hydrogens (tertiary/aromatic N) is 4. The highest BCUT2D eigenvalue weighted by Gasteiger charge is 2.41. The predicted octanol–water partition coefficient (Wildman–Crippen LogP) is 6.03. The van der Waals surface area contributed by atoms with Crippen LogP contribution in [0.3, 0.4) is 0 Å². The fraction of sp³-hybridized carbons (Fsp3) is 0.833. The van der Waals surface area contributed by atoms with Crippen LogP contribution in [0.5, 0.6) is 0 Å². The lowest BCUT2D eigenvalue weighted by Gasteiger charge is -2.36. The first kappa shape index (κ1) is 54.9. The molecule has 63 heavy (non-hydrogen) atoms. The van der Waals surface area contributed by atoms with Gasteiger partial charge in [0.2, 0.25) is 29.5 Å². The van der Waals surface area contributed by atoms with E-state index in [2.05, 4.69) is 29.8 Å². The Labute approximate surface area is 378 Å². The molecule has 0 spiro atoms. The van der Waals surface area contributed by atoms with Crippen molar-refractivity contribution in [1.29, 1.82) is 5.26 Å². The maximum atomic E-state index is 14.6. The van der Waals surface area contributed by atoms with Crippen molar-refractivity contribution in [3.63, 3.8) is 0 Å². The quantitative estimate of drug-likeness (QED) is 0.146. The Kier molecular flexibility index (Phi) is 24.3. The van der Waals surface area contributed by atoms with E-state index in [1.807, 2.05) is 33.8 Å². The van der Waals surface area contributed by atoms with Crippen LogP contribution in [-0.2, 0) is 38.3 Å². The fourth-order valence-corrected chi connectivity index (χ4v) is 8.87. The molecule has 0 unspecified atom stereocenters. The second kappa shape index (κ2) is 27.9. The first-order valence-corrected chi connectivity index (χ1v) is 24.1. The van der Waals surface area contributed by atoms with Gasteiger partial charge < -0.3 is 35.4 Å². The topological polar surface area (TPSA) is 198 Å². The summed E-state index contributed by atoms with van der Waals surface area (Å²) in [6.07, 6.45) is 9.84. The van der Waals surface area contributed by atoms with Crippen molar-refractivity contribution < 1.29 is 38.3 Å². The van der Waals surface area contributed by atoms with E-state index in [0.29, 0.717) is 6.42 Å². The number of nitrogens with one attached hydrogen (secondary N) is 3. The monoisotopic (exact) mass is 886 g/mol. The molecule has 1 saturated heterocycles. The highest BCUT2D eigenvalue weighted by molar-refractivity contribution is 5.97. The molecular weight excluding hydrogens is 803 g/mol. The SMILES string of the molecule is CCCC[C@@H](C)C[C@@H]1NC(=O)[C@H](CC2CCCCC2)N(C)C(=O)[C@H](CC)NC(=O)[C@H](CC(C)C)N(C)C(=O)[C@H](C[C@H](C)CCCC)NC(=O)[C@@H](CCC#N)OC(=O)[C@H](C)N(C)C1=O. The molecule has 2 aliphatic rings.